The van der Waals surface area contributed by atoms with Crippen molar-refractivity contribution in [1.82, 2.24) is 0 Å². The number of hydrogen-bond acceptors (Lipinski definition) is 4. The average molecular weight is 272 g/mol. The highest BCUT2D eigenvalue weighted by Crippen LogP contribution is 2.41. The quantitative estimate of drug-likeness (QED) is 0.675. The topological polar surface area (TPSA) is 61.6 Å². The lowest BCUT2D eigenvalue weighted by atomic mass is 10.0. The molecule has 1 fully saturated rings. The molecule has 4 nitrogen and oxygen atoms in total. The minimum Gasteiger partial charge on any atom is -0.493 e. The lowest BCUT2D eigenvalue weighted by Gasteiger charge is -2.14. The molecule has 1 aliphatic carbocycles. The van der Waals surface area contributed by atoms with Crippen LogP contribution in [0.3, 0.4) is 0 Å². The van der Waals surface area contributed by atoms with Gasteiger partial charge >= 0.3 is 5.97 Å². The molecule has 0 spiro atoms. The summed E-state index contributed by atoms with van der Waals surface area (Å²) < 4.78 is 10.2. The maximum absolute atomic E-state index is 10.9. The molecule has 0 saturated heterocycles. The van der Waals surface area contributed by atoms with Gasteiger partial charge in [0.2, 0.25) is 0 Å². The van der Waals surface area contributed by atoms with E-state index in [9.17, 15) is 4.79 Å². The molecule has 0 aromatic heterocycles. The van der Waals surface area contributed by atoms with Gasteiger partial charge in [0, 0.05) is 13.0 Å². The summed E-state index contributed by atoms with van der Waals surface area (Å²) in [6.07, 6.45) is 2.38. The van der Waals surface area contributed by atoms with Crippen LogP contribution in [0.2, 0.25) is 0 Å². The van der Waals surface area contributed by atoms with Gasteiger partial charge in [0.25, 0.3) is 0 Å². The predicted molar refractivity (Wildman–Crippen MR) is 71.2 cm³/mol. The molecular formula is C13H18ClNO3. The molecule has 2 rings (SSSR count). The molecule has 1 aromatic carbocycles. The van der Waals surface area contributed by atoms with E-state index < -0.39 is 0 Å². The summed E-state index contributed by atoms with van der Waals surface area (Å²) in [5.74, 6) is 1.21. The minimum absolute atomic E-state index is 0. The number of halogens is 1. The largest absolute Gasteiger partial charge is 0.493 e. The van der Waals surface area contributed by atoms with Gasteiger partial charge in [-0.2, -0.15) is 0 Å². The zero-order valence-electron chi connectivity index (χ0n) is 10.5. The number of rotatable bonds is 4. The summed E-state index contributed by atoms with van der Waals surface area (Å²) in [7, 11) is 1.55. The summed E-state index contributed by atoms with van der Waals surface area (Å²) in [5.41, 5.74) is 7.14. The first-order chi connectivity index (χ1) is 8.11. The van der Waals surface area contributed by atoms with Crippen LogP contribution in [-0.2, 0) is 4.79 Å². The molecule has 0 amide bonds. The number of benzene rings is 1. The Morgan fingerprint density at radius 3 is 2.56 bits per heavy atom. The van der Waals surface area contributed by atoms with E-state index in [-0.39, 0.29) is 24.4 Å². The van der Waals surface area contributed by atoms with Crippen LogP contribution in [0.4, 0.5) is 0 Å². The lowest BCUT2D eigenvalue weighted by molar-refractivity contribution is -0.132. The van der Waals surface area contributed by atoms with Gasteiger partial charge in [-0.05, 0) is 36.5 Å². The molecule has 0 unspecified atom stereocenters. The fourth-order valence-corrected chi connectivity index (χ4v) is 1.86. The van der Waals surface area contributed by atoms with Crippen LogP contribution in [0.5, 0.6) is 11.5 Å². The molecule has 2 N–H and O–H groups in total. The molecular weight excluding hydrogens is 254 g/mol. The normalized spacial score (nSPS) is 15.5. The van der Waals surface area contributed by atoms with Crippen LogP contribution < -0.4 is 15.2 Å². The lowest BCUT2D eigenvalue weighted by Crippen LogP contribution is -2.12. The van der Waals surface area contributed by atoms with Crippen molar-refractivity contribution in [2.24, 2.45) is 11.7 Å². The first kappa shape index (κ1) is 14.8. The first-order valence-electron chi connectivity index (χ1n) is 5.73. The fraction of sp³-hybridized carbons (Fsp3) is 0.462. The molecule has 0 radical (unpaired) electrons. The van der Waals surface area contributed by atoms with Crippen LogP contribution in [0.15, 0.2) is 18.2 Å². The van der Waals surface area contributed by atoms with Crippen LogP contribution in [0, 0.1) is 5.92 Å². The van der Waals surface area contributed by atoms with Gasteiger partial charge in [0.15, 0.2) is 11.5 Å². The molecule has 1 aliphatic rings. The van der Waals surface area contributed by atoms with Gasteiger partial charge in [-0.3, -0.25) is 4.79 Å². The second kappa shape index (κ2) is 6.07. The smallest absolute Gasteiger partial charge is 0.308 e. The van der Waals surface area contributed by atoms with Crippen molar-refractivity contribution >= 4 is 18.4 Å². The Morgan fingerprint density at radius 2 is 2.06 bits per heavy atom. The van der Waals surface area contributed by atoms with E-state index in [0.29, 0.717) is 17.4 Å². The van der Waals surface area contributed by atoms with Gasteiger partial charge in [0.05, 0.1) is 7.11 Å². The Kier molecular flexibility index (Phi) is 4.99. The van der Waals surface area contributed by atoms with Gasteiger partial charge in [-0.25, -0.2) is 0 Å². The van der Waals surface area contributed by atoms with E-state index >= 15 is 0 Å². The SMILES string of the molecule is COc1cc([C@@H](N)C2CC2)ccc1OC(C)=O.Cl. The number of esters is 1. The van der Waals surface area contributed by atoms with Crippen LogP contribution in [-0.4, -0.2) is 13.1 Å². The van der Waals surface area contributed by atoms with Gasteiger partial charge < -0.3 is 15.2 Å². The monoisotopic (exact) mass is 271 g/mol. The minimum atomic E-state index is -0.359. The maximum Gasteiger partial charge on any atom is 0.308 e. The number of carbonyl (C=O) groups is 1. The molecule has 0 bridgehead atoms. The molecule has 0 aliphatic heterocycles. The van der Waals surface area contributed by atoms with Gasteiger partial charge in [-0.1, -0.05) is 6.07 Å². The molecule has 0 heterocycles. The molecule has 1 aromatic rings. The summed E-state index contributed by atoms with van der Waals surface area (Å²) >= 11 is 0. The van der Waals surface area contributed by atoms with E-state index in [1.807, 2.05) is 12.1 Å². The van der Waals surface area contributed by atoms with E-state index in [0.717, 1.165) is 5.56 Å². The van der Waals surface area contributed by atoms with Crippen molar-refractivity contribution < 1.29 is 14.3 Å². The molecule has 1 atom stereocenters. The third-order valence-corrected chi connectivity index (χ3v) is 2.96. The third kappa shape index (κ3) is 3.37. The van der Waals surface area contributed by atoms with Crippen molar-refractivity contribution in [1.29, 1.82) is 0 Å². The number of nitrogens with two attached hydrogens (primary N) is 1. The van der Waals surface area contributed by atoms with Crippen molar-refractivity contribution in [3.63, 3.8) is 0 Å². The van der Waals surface area contributed by atoms with Crippen molar-refractivity contribution in [2.45, 2.75) is 25.8 Å². The fourth-order valence-electron chi connectivity index (χ4n) is 1.86. The number of methoxy groups -OCH3 is 1. The van der Waals surface area contributed by atoms with E-state index in [2.05, 4.69) is 0 Å². The van der Waals surface area contributed by atoms with Crippen LogP contribution >= 0.6 is 12.4 Å². The van der Waals surface area contributed by atoms with E-state index in [1.54, 1.807) is 13.2 Å². The average Bonchev–Trinajstić information content (AvgIpc) is 3.11. The van der Waals surface area contributed by atoms with E-state index in [4.69, 9.17) is 15.2 Å². The Balaban J connectivity index is 0.00000162. The van der Waals surface area contributed by atoms with Crippen LogP contribution in [0.1, 0.15) is 31.4 Å². The van der Waals surface area contributed by atoms with Crippen molar-refractivity contribution in [3.05, 3.63) is 23.8 Å². The van der Waals surface area contributed by atoms with Crippen molar-refractivity contribution in [3.8, 4) is 11.5 Å². The third-order valence-electron chi connectivity index (χ3n) is 2.96. The zero-order valence-corrected chi connectivity index (χ0v) is 11.3. The van der Waals surface area contributed by atoms with E-state index in [1.165, 1.54) is 19.8 Å². The number of ether oxygens (including phenoxy) is 2. The highest BCUT2D eigenvalue weighted by atomic mass is 35.5. The summed E-state index contributed by atoms with van der Waals surface area (Å²) in [6, 6.07) is 5.53. The first-order valence-corrected chi connectivity index (χ1v) is 5.73. The molecule has 100 valence electrons. The molecule has 1 saturated carbocycles. The highest BCUT2D eigenvalue weighted by Gasteiger charge is 2.30. The Morgan fingerprint density at radius 1 is 1.39 bits per heavy atom. The number of carbonyl (C=O) groups excluding carboxylic acids is 1. The zero-order chi connectivity index (χ0) is 12.4. The highest BCUT2D eigenvalue weighted by molar-refractivity contribution is 5.85. The Labute approximate surface area is 113 Å². The molecule has 18 heavy (non-hydrogen) atoms. The summed E-state index contributed by atoms with van der Waals surface area (Å²) in [6.45, 7) is 1.36. The second-order valence-corrected chi connectivity index (χ2v) is 4.37. The predicted octanol–water partition coefficient (Wildman–Crippen LogP) is 2.45. The summed E-state index contributed by atoms with van der Waals surface area (Å²) in [4.78, 5) is 10.9. The number of hydrogen-bond donors (Lipinski definition) is 1. The maximum atomic E-state index is 10.9. The standard InChI is InChI=1S/C13H17NO3.ClH/c1-8(15)17-11-6-5-10(7-12(11)16-2)13(14)9-3-4-9;/h5-7,9,13H,3-4,14H2,1-2H3;1H/t13-;/m0./s1. The van der Waals surface area contributed by atoms with Crippen LogP contribution in [0.25, 0.3) is 0 Å². The molecule has 5 heteroatoms. The van der Waals surface area contributed by atoms with Gasteiger partial charge in [0.1, 0.15) is 0 Å². The van der Waals surface area contributed by atoms with Gasteiger partial charge in [-0.15, -0.1) is 12.4 Å². The Bertz CT molecular complexity index is 432. The Hall–Kier alpha value is -1.26. The second-order valence-electron chi connectivity index (χ2n) is 4.37. The summed E-state index contributed by atoms with van der Waals surface area (Å²) in [5, 5.41) is 0. The van der Waals surface area contributed by atoms with Crippen molar-refractivity contribution in [2.75, 3.05) is 7.11 Å².